The summed E-state index contributed by atoms with van der Waals surface area (Å²) in [5.41, 5.74) is 8.59. The van der Waals surface area contributed by atoms with Crippen molar-refractivity contribution in [1.29, 1.82) is 0 Å². The van der Waals surface area contributed by atoms with Gasteiger partial charge in [0, 0.05) is 41.9 Å². The van der Waals surface area contributed by atoms with E-state index in [1.165, 1.54) is 17.7 Å². The van der Waals surface area contributed by atoms with Crippen molar-refractivity contribution in [2.24, 2.45) is 5.73 Å². The van der Waals surface area contributed by atoms with Gasteiger partial charge in [-0.1, -0.05) is 15.9 Å². The van der Waals surface area contributed by atoms with Crippen LogP contribution in [-0.4, -0.2) is 43.7 Å². The maximum absolute atomic E-state index is 5.94. The third kappa shape index (κ3) is 3.30. The van der Waals surface area contributed by atoms with Crippen LogP contribution in [0.1, 0.15) is 18.9 Å². The van der Waals surface area contributed by atoms with Gasteiger partial charge < -0.3 is 15.5 Å². The van der Waals surface area contributed by atoms with Crippen LogP contribution in [0.3, 0.4) is 0 Å². The number of aryl methyl sites for hydroxylation is 1. The molecule has 1 fully saturated rings. The van der Waals surface area contributed by atoms with E-state index in [4.69, 9.17) is 5.73 Å². The summed E-state index contributed by atoms with van der Waals surface area (Å²) >= 11 is 3.54. The van der Waals surface area contributed by atoms with Crippen LogP contribution in [-0.2, 0) is 0 Å². The molecule has 0 aliphatic carbocycles. The molecule has 0 radical (unpaired) electrons. The smallest absolute Gasteiger partial charge is 0.0399 e. The lowest BCUT2D eigenvalue weighted by Gasteiger charge is -2.33. The molecule has 3 nitrogen and oxygen atoms in total. The number of hydrogen-bond acceptors (Lipinski definition) is 3. The number of likely N-dealkylation sites (N-methyl/N-ethyl adjacent to an activating group) is 1. The molecule has 2 atom stereocenters. The van der Waals surface area contributed by atoms with Gasteiger partial charge in [-0.3, -0.25) is 0 Å². The summed E-state index contributed by atoms with van der Waals surface area (Å²) in [5.74, 6) is 0. The van der Waals surface area contributed by atoms with Crippen molar-refractivity contribution in [3.63, 3.8) is 0 Å². The van der Waals surface area contributed by atoms with Crippen molar-refractivity contribution in [3.05, 3.63) is 28.2 Å². The number of hydrogen-bond donors (Lipinski definition) is 1. The zero-order valence-corrected chi connectivity index (χ0v) is 13.7. The zero-order valence-electron chi connectivity index (χ0n) is 12.1. The van der Waals surface area contributed by atoms with Gasteiger partial charge >= 0.3 is 0 Å². The predicted molar refractivity (Wildman–Crippen MR) is 85.8 cm³/mol. The fraction of sp³-hybridized carbons (Fsp3) is 0.600. The second-order valence-corrected chi connectivity index (χ2v) is 6.51. The van der Waals surface area contributed by atoms with Gasteiger partial charge in [-0.05, 0) is 51.1 Å². The van der Waals surface area contributed by atoms with Crippen LogP contribution in [0, 0.1) is 6.92 Å². The van der Waals surface area contributed by atoms with Crippen molar-refractivity contribution in [2.75, 3.05) is 31.6 Å². The van der Waals surface area contributed by atoms with Crippen LogP contribution in [0.25, 0.3) is 0 Å². The van der Waals surface area contributed by atoms with Gasteiger partial charge in [0.05, 0.1) is 0 Å². The molecule has 0 aromatic heterocycles. The summed E-state index contributed by atoms with van der Waals surface area (Å²) in [5, 5.41) is 0. The van der Waals surface area contributed by atoms with E-state index in [-0.39, 0.29) is 0 Å². The van der Waals surface area contributed by atoms with Crippen molar-refractivity contribution in [2.45, 2.75) is 32.4 Å². The van der Waals surface area contributed by atoms with Crippen molar-refractivity contribution in [3.8, 4) is 0 Å². The molecule has 0 amide bonds. The molecular formula is C15H24BrN3. The minimum Gasteiger partial charge on any atom is -0.367 e. The standard InChI is InChI=1S/C15H24BrN3/c1-11-8-13(16)4-5-15(11)19-10-14(9-17)18(3)7-6-12(19)2/h4-5,8,12,14H,6-7,9-10,17H2,1-3H3. The maximum atomic E-state index is 5.94. The van der Waals surface area contributed by atoms with E-state index in [9.17, 15) is 0 Å². The Morgan fingerprint density at radius 3 is 2.79 bits per heavy atom. The molecule has 2 rings (SSSR count). The summed E-state index contributed by atoms with van der Waals surface area (Å²) in [6, 6.07) is 7.52. The normalized spacial score (nSPS) is 25.4. The Hall–Kier alpha value is -0.580. The first-order valence-corrected chi connectivity index (χ1v) is 7.75. The lowest BCUT2D eigenvalue weighted by Crippen LogP contribution is -2.45. The molecule has 2 N–H and O–H groups in total. The number of rotatable bonds is 2. The van der Waals surface area contributed by atoms with Gasteiger partial charge in [-0.2, -0.15) is 0 Å². The van der Waals surface area contributed by atoms with Crippen molar-refractivity contribution < 1.29 is 0 Å². The molecule has 1 aliphatic rings. The van der Waals surface area contributed by atoms with Gasteiger partial charge in [0.15, 0.2) is 0 Å². The molecule has 1 aliphatic heterocycles. The molecule has 1 saturated heterocycles. The van der Waals surface area contributed by atoms with E-state index >= 15 is 0 Å². The summed E-state index contributed by atoms with van der Waals surface area (Å²) in [6.07, 6.45) is 1.18. The maximum Gasteiger partial charge on any atom is 0.0399 e. The zero-order chi connectivity index (χ0) is 14.0. The van der Waals surface area contributed by atoms with Gasteiger partial charge in [-0.15, -0.1) is 0 Å². The number of anilines is 1. The summed E-state index contributed by atoms with van der Waals surface area (Å²) < 4.78 is 1.14. The molecule has 4 heteroatoms. The van der Waals surface area contributed by atoms with Gasteiger partial charge in [0.1, 0.15) is 0 Å². The molecule has 1 aromatic rings. The fourth-order valence-electron chi connectivity index (χ4n) is 2.81. The molecule has 106 valence electrons. The molecule has 2 unspecified atom stereocenters. The number of halogens is 1. The largest absolute Gasteiger partial charge is 0.367 e. The highest BCUT2D eigenvalue weighted by molar-refractivity contribution is 9.10. The predicted octanol–water partition coefficient (Wildman–Crippen LogP) is 2.62. The van der Waals surface area contributed by atoms with E-state index in [0.717, 1.165) is 24.1 Å². The molecule has 1 heterocycles. The second kappa shape index (κ2) is 6.25. The second-order valence-electron chi connectivity index (χ2n) is 5.59. The Bertz CT molecular complexity index is 435. The topological polar surface area (TPSA) is 32.5 Å². The van der Waals surface area contributed by atoms with E-state index < -0.39 is 0 Å². The molecule has 1 aromatic carbocycles. The minimum absolute atomic E-state index is 0.438. The van der Waals surface area contributed by atoms with Crippen LogP contribution in [0.5, 0.6) is 0 Å². The van der Waals surface area contributed by atoms with E-state index in [1.54, 1.807) is 0 Å². The third-order valence-corrected chi connectivity index (χ3v) is 4.70. The van der Waals surface area contributed by atoms with Crippen LogP contribution < -0.4 is 10.6 Å². The van der Waals surface area contributed by atoms with Crippen LogP contribution in [0.15, 0.2) is 22.7 Å². The Balaban J connectivity index is 2.29. The van der Waals surface area contributed by atoms with E-state index in [0.29, 0.717) is 12.1 Å². The Morgan fingerprint density at radius 1 is 1.42 bits per heavy atom. The first-order valence-electron chi connectivity index (χ1n) is 6.96. The van der Waals surface area contributed by atoms with Gasteiger partial charge in [0.2, 0.25) is 0 Å². The molecule has 19 heavy (non-hydrogen) atoms. The van der Waals surface area contributed by atoms with Crippen molar-refractivity contribution in [1.82, 2.24) is 4.90 Å². The fourth-order valence-corrected chi connectivity index (χ4v) is 3.28. The first kappa shape index (κ1) is 14.8. The van der Waals surface area contributed by atoms with Crippen molar-refractivity contribution >= 4 is 21.6 Å². The highest BCUT2D eigenvalue weighted by atomic mass is 79.9. The lowest BCUT2D eigenvalue weighted by atomic mass is 10.1. The lowest BCUT2D eigenvalue weighted by molar-refractivity contribution is 0.265. The summed E-state index contributed by atoms with van der Waals surface area (Å²) in [7, 11) is 2.18. The summed E-state index contributed by atoms with van der Waals surface area (Å²) in [6.45, 7) is 7.34. The SMILES string of the molecule is Cc1cc(Br)ccc1N1CC(CN)N(C)CCC1C. The van der Waals surface area contributed by atoms with E-state index in [2.05, 4.69) is 64.8 Å². The molecular weight excluding hydrogens is 302 g/mol. The average Bonchev–Trinajstić information content (AvgIpc) is 2.51. The number of nitrogens with zero attached hydrogens (tertiary/aromatic N) is 2. The monoisotopic (exact) mass is 325 g/mol. The molecule has 0 bridgehead atoms. The number of nitrogens with two attached hydrogens (primary N) is 1. The highest BCUT2D eigenvalue weighted by Crippen LogP contribution is 2.28. The Labute approximate surface area is 124 Å². The quantitative estimate of drug-likeness (QED) is 0.907. The Kier molecular flexibility index (Phi) is 4.87. The molecule has 0 saturated carbocycles. The minimum atomic E-state index is 0.438. The van der Waals surface area contributed by atoms with Gasteiger partial charge in [-0.25, -0.2) is 0 Å². The van der Waals surface area contributed by atoms with Crippen LogP contribution >= 0.6 is 15.9 Å². The van der Waals surface area contributed by atoms with Gasteiger partial charge in [0.25, 0.3) is 0 Å². The van der Waals surface area contributed by atoms with E-state index in [1.807, 2.05) is 0 Å². The summed E-state index contributed by atoms with van der Waals surface area (Å²) in [4.78, 5) is 4.91. The average molecular weight is 326 g/mol. The molecule has 0 spiro atoms. The third-order valence-electron chi connectivity index (χ3n) is 4.20. The highest BCUT2D eigenvalue weighted by Gasteiger charge is 2.26. The Morgan fingerprint density at radius 2 is 2.16 bits per heavy atom. The number of benzene rings is 1. The van der Waals surface area contributed by atoms with Crippen LogP contribution in [0.2, 0.25) is 0 Å². The van der Waals surface area contributed by atoms with Crippen LogP contribution in [0.4, 0.5) is 5.69 Å². The first-order chi connectivity index (χ1) is 9.02.